The van der Waals surface area contributed by atoms with Gasteiger partial charge in [-0.25, -0.2) is 0 Å². The standard InChI is InChI=1S/C23H34N6O5S.ClH/c1-15(2)14-16(18(30)20-27-28-22(33-20)35-13-12-29(3)4)25-21(32)23(9-6-5-7-10-23)26-19(31)17-8-11-24-34-17;/h8,11,15-16H,5-7,9-10,12-14H2,1-4H3,(H,25,32)(H,26,31);1H. The quantitative estimate of drug-likeness (QED) is 0.303. The van der Waals surface area contributed by atoms with Gasteiger partial charge in [0.05, 0.1) is 12.2 Å². The Morgan fingerprint density at radius 2 is 1.89 bits per heavy atom. The summed E-state index contributed by atoms with van der Waals surface area (Å²) in [6.45, 7) is 4.75. The largest absolute Gasteiger partial charge is 0.408 e. The molecule has 2 N–H and O–H groups in total. The number of rotatable bonds is 12. The number of hydrogen-bond acceptors (Lipinski definition) is 10. The second-order valence-corrected chi connectivity index (χ2v) is 10.6. The van der Waals surface area contributed by atoms with Crippen molar-refractivity contribution < 1.29 is 23.3 Å². The number of carbonyl (C=O) groups excluding carboxylic acids is 3. The molecule has 1 saturated carbocycles. The molecule has 2 aromatic heterocycles. The molecule has 2 heterocycles. The van der Waals surface area contributed by atoms with E-state index in [-0.39, 0.29) is 30.0 Å². The topological polar surface area (TPSA) is 143 Å². The Balaban J connectivity index is 0.00000456. The van der Waals surface area contributed by atoms with Gasteiger partial charge >= 0.3 is 0 Å². The van der Waals surface area contributed by atoms with Gasteiger partial charge in [-0.3, -0.25) is 14.4 Å². The van der Waals surface area contributed by atoms with Crippen LogP contribution in [0, 0.1) is 5.92 Å². The van der Waals surface area contributed by atoms with E-state index in [1.807, 2.05) is 32.8 Å². The van der Waals surface area contributed by atoms with Crippen molar-refractivity contribution in [2.24, 2.45) is 5.92 Å². The summed E-state index contributed by atoms with van der Waals surface area (Å²) in [6, 6.07) is 0.585. The first-order chi connectivity index (χ1) is 16.7. The summed E-state index contributed by atoms with van der Waals surface area (Å²) in [6.07, 6.45) is 5.23. The van der Waals surface area contributed by atoms with Gasteiger partial charge in [-0.15, -0.1) is 22.6 Å². The number of aromatic nitrogens is 3. The Morgan fingerprint density at radius 3 is 2.50 bits per heavy atom. The van der Waals surface area contributed by atoms with Gasteiger partial charge in [0.1, 0.15) is 5.54 Å². The average Bonchev–Trinajstić information content (AvgIpc) is 3.51. The Labute approximate surface area is 221 Å². The summed E-state index contributed by atoms with van der Waals surface area (Å²) in [5.74, 6) is -0.595. The van der Waals surface area contributed by atoms with Gasteiger partial charge in [0, 0.05) is 18.4 Å². The predicted molar refractivity (Wildman–Crippen MR) is 136 cm³/mol. The highest BCUT2D eigenvalue weighted by Gasteiger charge is 2.43. The van der Waals surface area contributed by atoms with E-state index in [0.717, 1.165) is 31.6 Å². The van der Waals surface area contributed by atoms with E-state index in [2.05, 4.69) is 26.0 Å². The molecule has 0 radical (unpaired) electrons. The van der Waals surface area contributed by atoms with E-state index in [9.17, 15) is 14.4 Å². The number of amides is 2. The fourth-order valence-electron chi connectivity index (χ4n) is 4.01. The van der Waals surface area contributed by atoms with Crippen molar-refractivity contribution >= 4 is 41.8 Å². The lowest BCUT2D eigenvalue weighted by Crippen LogP contribution is -2.62. The normalized spacial score (nSPS) is 15.8. The van der Waals surface area contributed by atoms with Crippen LogP contribution in [0.4, 0.5) is 0 Å². The minimum absolute atomic E-state index is 0. The van der Waals surface area contributed by atoms with E-state index in [4.69, 9.17) is 8.94 Å². The fraction of sp³-hybridized carbons (Fsp3) is 0.652. The number of halogens is 1. The van der Waals surface area contributed by atoms with Gasteiger partial charge in [-0.05, 0) is 39.3 Å². The van der Waals surface area contributed by atoms with E-state index < -0.39 is 29.2 Å². The van der Waals surface area contributed by atoms with Gasteiger partial charge in [-0.2, -0.15) is 0 Å². The minimum atomic E-state index is -1.14. The third kappa shape index (κ3) is 8.04. The highest BCUT2D eigenvalue weighted by Crippen LogP contribution is 2.29. The van der Waals surface area contributed by atoms with Crippen LogP contribution in [0.2, 0.25) is 0 Å². The maximum atomic E-state index is 13.6. The highest BCUT2D eigenvalue weighted by atomic mass is 35.5. The molecule has 36 heavy (non-hydrogen) atoms. The van der Waals surface area contributed by atoms with Crippen molar-refractivity contribution in [2.45, 2.75) is 69.2 Å². The molecule has 2 amide bonds. The van der Waals surface area contributed by atoms with Crippen LogP contribution in [-0.4, -0.2) is 75.8 Å². The molecule has 3 rings (SSSR count). The first-order valence-corrected chi connectivity index (χ1v) is 12.9. The maximum absolute atomic E-state index is 13.6. The van der Waals surface area contributed by atoms with E-state index in [1.165, 1.54) is 24.0 Å². The molecule has 11 nitrogen and oxygen atoms in total. The van der Waals surface area contributed by atoms with E-state index in [0.29, 0.717) is 24.5 Å². The van der Waals surface area contributed by atoms with Crippen LogP contribution in [0.3, 0.4) is 0 Å². The van der Waals surface area contributed by atoms with Gasteiger partial charge in [0.15, 0.2) is 0 Å². The number of carbonyl (C=O) groups is 3. The summed E-state index contributed by atoms with van der Waals surface area (Å²) < 4.78 is 10.5. The van der Waals surface area contributed by atoms with Crippen molar-refractivity contribution in [1.29, 1.82) is 0 Å². The first kappa shape index (κ1) is 29.8. The SMILES string of the molecule is CC(C)CC(NC(=O)C1(NC(=O)c2ccno2)CCCCC1)C(=O)c1nnc(SCCN(C)C)o1.Cl. The minimum Gasteiger partial charge on any atom is -0.408 e. The zero-order chi connectivity index (χ0) is 25.4. The molecule has 0 aromatic carbocycles. The molecular weight excluding hydrogens is 508 g/mol. The second kappa shape index (κ2) is 13.8. The third-order valence-corrected chi connectivity index (χ3v) is 6.67. The Kier molecular flexibility index (Phi) is 11.4. The average molecular weight is 543 g/mol. The van der Waals surface area contributed by atoms with Crippen molar-refractivity contribution in [3.8, 4) is 0 Å². The number of Topliss-reactive ketones (excluding diaryl/α,β-unsaturated/α-hetero) is 1. The molecule has 1 fully saturated rings. The van der Waals surface area contributed by atoms with Crippen molar-refractivity contribution in [1.82, 2.24) is 30.9 Å². The maximum Gasteiger partial charge on any atom is 0.290 e. The zero-order valence-corrected chi connectivity index (χ0v) is 22.7. The molecule has 0 spiro atoms. The molecule has 0 saturated heterocycles. The zero-order valence-electron chi connectivity index (χ0n) is 21.1. The molecule has 2 aromatic rings. The fourth-order valence-corrected chi connectivity index (χ4v) is 4.88. The van der Waals surface area contributed by atoms with Gasteiger partial charge < -0.3 is 24.5 Å². The summed E-state index contributed by atoms with van der Waals surface area (Å²) >= 11 is 1.37. The van der Waals surface area contributed by atoms with Gasteiger partial charge in [0.2, 0.25) is 17.5 Å². The van der Waals surface area contributed by atoms with Crippen LogP contribution in [0.1, 0.15) is 73.6 Å². The highest BCUT2D eigenvalue weighted by molar-refractivity contribution is 7.99. The monoisotopic (exact) mass is 542 g/mol. The van der Waals surface area contributed by atoms with Crippen LogP contribution in [0.25, 0.3) is 0 Å². The summed E-state index contributed by atoms with van der Waals surface area (Å²) in [5, 5.41) is 17.5. The van der Waals surface area contributed by atoms with Gasteiger partial charge in [-0.1, -0.05) is 50.0 Å². The number of thioether (sulfide) groups is 1. The van der Waals surface area contributed by atoms with Crippen molar-refractivity contribution in [2.75, 3.05) is 26.4 Å². The molecule has 1 aliphatic carbocycles. The predicted octanol–water partition coefficient (Wildman–Crippen LogP) is 2.98. The third-order valence-electron chi connectivity index (χ3n) is 5.87. The molecular formula is C23H35ClN6O5S. The second-order valence-electron chi connectivity index (χ2n) is 9.52. The summed E-state index contributed by atoms with van der Waals surface area (Å²) in [7, 11) is 3.94. The van der Waals surface area contributed by atoms with E-state index in [1.54, 1.807) is 0 Å². The number of ketones is 1. The lowest BCUT2D eigenvalue weighted by atomic mass is 9.80. The van der Waals surface area contributed by atoms with Crippen LogP contribution >= 0.6 is 24.2 Å². The number of hydrogen-bond donors (Lipinski definition) is 2. The Morgan fingerprint density at radius 1 is 1.17 bits per heavy atom. The first-order valence-electron chi connectivity index (χ1n) is 11.9. The smallest absolute Gasteiger partial charge is 0.290 e. The number of nitrogens with one attached hydrogen (secondary N) is 2. The molecule has 0 aliphatic heterocycles. The number of nitrogens with zero attached hydrogens (tertiary/aromatic N) is 4. The van der Waals surface area contributed by atoms with Crippen LogP contribution < -0.4 is 10.6 Å². The summed E-state index contributed by atoms with van der Waals surface area (Å²) in [5.41, 5.74) is -1.14. The molecule has 1 unspecified atom stereocenters. The van der Waals surface area contributed by atoms with Crippen LogP contribution in [0.15, 0.2) is 26.4 Å². The Bertz CT molecular complexity index is 991. The molecule has 1 atom stereocenters. The summed E-state index contributed by atoms with van der Waals surface area (Å²) in [4.78, 5) is 41.6. The van der Waals surface area contributed by atoms with Crippen LogP contribution in [-0.2, 0) is 4.79 Å². The molecule has 0 bridgehead atoms. The lowest BCUT2D eigenvalue weighted by Gasteiger charge is -2.37. The Hall–Kier alpha value is -2.44. The van der Waals surface area contributed by atoms with Crippen molar-refractivity contribution in [3.05, 3.63) is 23.9 Å². The van der Waals surface area contributed by atoms with Gasteiger partial charge in [0.25, 0.3) is 17.0 Å². The van der Waals surface area contributed by atoms with Crippen molar-refractivity contribution in [3.63, 3.8) is 0 Å². The van der Waals surface area contributed by atoms with E-state index >= 15 is 0 Å². The molecule has 13 heteroatoms. The molecule has 1 aliphatic rings. The van der Waals surface area contributed by atoms with Crippen LogP contribution in [0.5, 0.6) is 0 Å². The molecule has 200 valence electrons. The lowest BCUT2D eigenvalue weighted by molar-refractivity contribution is -0.129.